The minimum absolute atomic E-state index is 0.263. The number of ether oxygens (including phenoxy) is 3. The van der Waals surface area contributed by atoms with Gasteiger partial charge in [-0.1, -0.05) is 6.42 Å². The lowest BCUT2D eigenvalue weighted by atomic mass is 9.84. The molecule has 1 N–H and O–H groups in total. The van der Waals surface area contributed by atoms with Crippen molar-refractivity contribution in [2.24, 2.45) is 10.9 Å². The summed E-state index contributed by atoms with van der Waals surface area (Å²) in [5.74, 6) is 0.108. The number of likely N-dealkylation sites (N-methyl/N-ethyl adjacent to an activating group) is 1. The summed E-state index contributed by atoms with van der Waals surface area (Å²) >= 11 is 0. The Labute approximate surface area is 166 Å². The van der Waals surface area contributed by atoms with Crippen molar-refractivity contribution in [3.05, 3.63) is 0 Å². The summed E-state index contributed by atoms with van der Waals surface area (Å²) in [7, 11) is 2.02. The van der Waals surface area contributed by atoms with E-state index in [9.17, 15) is 9.59 Å². The van der Waals surface area contributed by atoms with Crippen LogP contribution in [-0.2, 0) is 19.0 Å². The first kappa shape index (κ1) is 19.5. The van der Waals surface area contributed by atoms with E-state index < -0.39 is 12.2 Å². The Morgan fingerprint density at radius 3 is 2.61 bits per heavy atom. The van der Waals surface area contributed by atoms with E-state index in [2.05, 4.69) is 10.2 Å². The summed E-state index contributed by atoms with van der Waals surface area (Å²) < 4.78 is 17.1. The molecular weight excluding hydrogens is 362 g/mol. The molecule has 0 aromatic heterocycles. The number of amidine groups is 1. The molecule has 0 radical (unpaired) electrons. The van der Waals surface area contributed by atoms with Crippen molar-refractivity contribution >= 4 is 18.0 Å². The van der Waals surface area contributed by atoms with Crippen LogP contribution in [0.15, 0.2) is 4.99 Å². The van der Waals surface area contributed by atoms with Crippen LogP contribution in [-0.4, -0.2) is 67.5 Å². The molecule has 3 unspecified atom stereocenters. The van der Waals surface area contributed by atoms with E-state index in [0.29, 0.717) is 25.0 Å². The van der Waals surface area contributed by atoms with Crippen LogP contribution in [0, 0.1) is 5.92 Å². The monoisotopic (exact) mass is 393 g/mol. The number of aliphatic imine (C=N–C) groups is 1. The zero-order valence-electron chi connectivity index (χ0n) is 16.6. The number of hydrogen-bond acceptors (Lipinski definition) is 7. The molecule has 8 heteroatoms. The van der Waals surface area contributed by atoms with Gasteiger partial charge in [0.2, 0.25) is 0 Å². The first-order chi connectivity index (χ1) is 13.6. The van der Waals surface area contributed by atoms with E-state index in [-0.39, 0.29) is 18.1 Å². The molecule has 0 aromatic rings. The normalized spacial score (nSPS) is 34.9. The summed E-state index contributed by atoms with van der Waals surface area (Å²) in [6, 6.07) is 1.12. The van der Waals surface area contributed by atoms with Crippen LogP contribution >= 0.6 is 0 Å². The first-order valence-corrected chi connectivity index (χ1v) is 10.7. The Hall–Kier alpha value is -1.83. The summed E-state index contributed by atoms with van der Waals surface area (Å²) in [6.45, 7) is 1.43. The zero-order chi connectivity index (χ0) is 19.5. The highest BCUT2D eigenvalue weighted by atomic mass is 16.6. The Morgan fingerprint density at radius 2 is 1.89 bits per heavy atom. The van der Waals surface area contributed by atoms with Gasteiger partial charge in [0.15, 0.2) is 6.10 Å². The highest BCUT2D eigenvalue weighted by Crippen LogP contribution is 2.31. The predicted molar refractivity (Wildman–Crippen MR) is 102 cm³/mol. The van der Waals surface area contributed by atoms with Crippen molar-refractivity contribution in [2.75, 3.05) is 20.2 Å². The average molecular weight is 393 g/mol. The number of rotatable bonds is 6. The maximum atomic E-state index is 11.6. The fourth-order valence-electron chi connectivity index (χ4n) is 4.70. The van der Waals surface area contributed by atoms with Gasteiger partial charge in [-0.15, -0.1) is 0 Å². The molecule has 0 aromatic carbocycles. The molecule has 1 saturated heterocycles. The third kappa shape index (κ3) is 4.59. The van der Waals surface area contributed by atoms with Crippen molar-refractivity contribution in [1.82, 2.24) is 10.2 Å². The third-order valence-electron chi connectivity index (χ3n) is 6.42. The van der Waals surface area contributed by atoms with Crippen LogP contribution in [0.4, 0.5) is 4.79 Å². The topological polar surface area (TPSA) is 89.5 Å². The van der Waals surface area contributed by atoms with Crippen molar-refractivity contribution in [1.29, 1.82) is 0 Å². The number of nitrogens with zero attached hydrogens (tertiary/aromatic N) is 2. The smallest absolute Gasteiger partial charge is 0.414 e. The molecule has 4 aliphatic rings. The lowest BCUT2D eigenvalue weighted by Crippen LogP contribution is -2.34. The van der Waals surface area contributed by atoms with E-state index in [1.807, 2.05) is 7.05 Å². The lowest BCUT2D eigenvalue weighted by molar-refractivity contribution is -0.124. The van der Waals surface area contributed by atoms with Crippen LogP contribution in [0.25, 0.3) is 0 Å². The minimum Gasteiger partial charge on any atom is -0.460 e. The zero-order valence-corrected chi connectivity index (χ0v) is 16.6. The van der Waals surface area contributed by atoms with Gasteiger partial charge in [0.05, 0.1) is 18.8 Å². The summed E-state index contributed by atoms with van der Waals surface area (Å²) in [5.41, 5.74) is 0. The number of imide groups is 1. The predicted octanol–water partition coefficient (Wildman–Crippen LogP) is 2.22. The number of nitrogens with one attached hydrogen (secondary N) is 1. The van der Waals surface area contributed by atoms with Gasteiger partial charge in [0.25, 0.3) is 11.9 Å². The van der Waals surface area contributed by atoms with Crippen LogP contribution in [0.1, 0.15) is 57.8 Å². The minimum atomic E-state index is -0.619. The van der Waals surface area contributed by atoms with Gasteiger partial charge in [-0.2, -0.15) is 0 Å². The van der Waals surface area contributed by atoms with E-state index in [0.717, 1.165) is 51.1 Å². The second-order valence-corrected chi connectivity index (χ2v) is 8.47. The molecule has 0 bridgehead atoms. The third-order valence-corrected chi connectivity index (χ3v) is 6.42. The number of hydrogen-bond donors (Lipinski definition) is 1. The number of carbonyl (C=O) groups is 2. The molecule has 3 atom stereocenters. The first-order valence-electron chi connectivity index (χ1n) is 10.7. The van der Waals surface area contributed by atoms with Gasteiger partial charge in [0, 0.05) is 13.6 Å². The molecule has 8 nitrogen and oxygen atoms in total. The molecule has 28 heavy (non-hydrogen) atoms. The second kappa shape index (κ2) is 8.68. The average Bonchev–Trinajstić information content (AvgIpc) is 3.26. The number of carbonyl (C=O) groups excluding carboxylic acids is 2. The van der Waals surface area contributed by atoms with Gasteiger partial charge in [-0.3, -0.25) is 10.1 Å². The summed E-state index contributed by atoms with van der Waals surface area (Å²) in [5, 5.41) is 2.19. The highest BCUT2D eigenvalue weighted by molar-refractivity contribution is 5.99. The standard InChI is InChI=1S/C20H31N3O5/c1-23(19-21-15-4-2-3-5-16(15)27-19)10-11-26-14-8-6-13(7-9-14)12-17-18(24)22-20(25)28-17/h13-17H,2-12H2,1H3,(H,22,24,25). The molecule has 156 valence electrons. The second-order valence-electron chi connectivity index (χ2n) is 8.47. The fourth-order valence-corrected chi connectivity index (χ4v) is 4.70. The molecule has 2 aliphatic heterocycles. The van der Waals surface area contributed by atoms with Crippen molar-refractivity contribution in [3.63, 3.8) is 0 Å². The van der Waals surface area contributed by atoms with Crippen LogP contribution in [0.5, 0.6) is 0 Å². The van der Waals surface area contributed by atoms with E-state index in [4.69, 9.17) is 19.2 Å². The van der Waals surface area contributed by atoms with E-state index in [1.165, 1.54) is 12.8 Å². The fraction of sp³-hybridized carbons (Fsp3) is 0.850. The van der Waals surface area contributed by atoms with Crippen LogP contribution in [0.3, 0.4) is 0 Å². The summed E-state index contributed by atoms with van der Waals surface area (Å²) in [4.78, 5) is 29.5. The highest BCUT2D eigenvalue weighted by Gasteiger charge is 2.36. The molecule has 2 heterocycles. The van der Waals surface area contributed by atoms with Crippen molar-refractivity contribution in [2.45, 2.75) is 82.1 Å². The van der Waals surface area contributed by atoms with Crippen LogP contribution < -0.4 is 5.32 Å². The van der Waals surface area contributed by atoms with Crippen LogP contribution in [0.2, 0.25) is 0 Å². The van der Waals surface area contributed by atoms with E-state index in [1.54, 1.807) is 0 Å². The Balaban J connectivity index is 1.12. The Bertz CT molecular complexity index is 617. The largest absolute Gasteiger partial charge is 0.460 e. The molecule has 2 amide bonds. The van der Waals surface area contributed by atoms with Crippen molar-refractivity contribution < 1.29 is 23.8 Å². The van der Waals surface area contributed by atoms with Gasteiger partial charge >= 0.3 is 6.09 Å². The summed E-state index contributed by atoms with van der Waals surface area (Å²) in [6.07, 6.45) is 8.66. The number of fused-ring (bicyclic) bond motifs is 1. The Morgan fingerprint density at radius 1 is 1.11 bits per heavy atom. The maximum absolute atomic E-state index is 11.6. The van der Waals surface area contributed by atoms with Gasteiger partial charge in [-0.25, -0.2) is 9.79 Å². The lowest BCUT2D eigenvalue weighted by Gasteiger charge is -2.30. The molecule has 0 spiro atoms. The van der Waals surface area contributed by atoms with Crippen molar-refractivity contribution in [3.8, 4) is 0 Å². The quantitative estimate of drug-likeness (QED) is 0.744. The maximum Gasteiger partial charge on any atom is 0.414 e. The number of amides is 2. The van der Waals surface area contributed by atoms with Gasteiger partial charge < -0.3 is 19.1 Å². The van der Waals surface area contributed by atoms with E-state index >= 15 is 0 Å². The van der Waals surface area contributed by atoms with Gasteiger partial charge in [-0.05, 0) is 57.3 Å². The molecule has 4 rings (SSSR count). The molecule has 2 aliphatic carbocycles. The number of cyclic esters (lactones) is 1. The SMILES string of the molecule is CN(CCOC1CCC(CC2OC(=O)NC2=O)CC1)C1=NC2CCCCC2O1. The molecule has 2 saturated carbocycles. The number of alkyl carbamates (subject to hydrolysis) is 1. The molecular formula is C20H31N3O5. The van der Waals surface area contributed by atoms with Gasteiger partial charge in [0.1, 0.15) is 6.10 Å². The Kier molecular flexibility index (Phi) is 6.04. The molecule has 3 fully saturated rings.